The van der Waals surface area contributed by atoms with Crippen molar-refractivity contribution in [2.45, 2.75) is 19.9 Å². The Balaban J connectivity index is 1.76. The lowest BCUT2D eigenvalue weighted by atomic mass is 9.97. The highest BCUT2D eigenvalue weighted by Crippen LogP contribution is 2.23. The van der Waals surface area contributed by atoms with E-state index in [0.717, 1.165) is 6.54 Å². The molecule has 0 fully saturated rings. The second kappa shape index (κ2) is 8.46. The van der Waals surface area contributed by atoms with Crippen LogP contribution in [-0.4, -0.2) is 6.54 Å². The number of hydrogen-bond acceptors (Lipinski definition) is 1. The van der Waals surface area contributed by atoms with E-state index in [9.17, 15) is 0 Å². The van der Waals surface area contributed by atoms with Gasteiger partial charge < -0.3 is 5.32 Å². The average Bonchev–Trinajstić information content (AvgIpc) is 2.67. The Labute approximate surface area is 151 Å². The van der Waals surface area contributed by atoms with Gasteiger partial charge in [-0.05, 0) is 36.1 Å². The lowest BCUT2D eigenvalue weighted by molar-refractivity contribution is 0.617. The van der Waals surface area contributed by atoms with Crippen molar-refractivity contribution in [3.05, 3.63) is 113 Å². The van der Waals surface area contributed by atoms with Gasteiger partial charge in [-0.15, -0.1) is 0 Å². The van der Waals surface area contributed by atoms with Crippen LogP contribution in [0.1, 0.15) is 35.2 Å². The zero-order valence-electron chi connectivity index (χ0n) is 14.9. The van der Waals surface area contributed by atoms with Gasteiger partial charge in [0.25, 0.3) is 0 Å². The van der Waals surface area contributed by atoms with Gasteiger partial charge in [-0.25, -0.2) is 0 Å². The van der Waals surface area contributed by atoms with E-state index in [0.29, 0.717) is 6.04 Å². The third-order valence-electron chi connectivity index (χ3n) is 4.48. The van der Waals surface area contributed by atoms with Gasteiger partial charge in [-0.2, -0.15) is 0 Å². The third-order valence-corrected chi connectivity index (χ3v) is 4.48. The van der Waals surface area contributed by atoms with Gasteiger partial charge in [0.1, 0.15) is 0 Å². The Bertz CT molecular complexity index is 760. The van der Waals surface area contributed by atoms with Crippen LogP contribution in [0.25, 0.3) is 5.57 Å². The molecule has 1 N–H and O–H groups in total. The minimum absolute atomic E-state index is 0.324. The molecule has 3 aromatic rings. The summed E-state index contributed by atoms with van der Waals surface area (Å²) in [6.07, 6.45) is 2.29. The van der Waals surface area contributed by atoms with Crippen molar-refractivity contribution in [3.63, 3.8) is 0 Å². The highest BCUT2D eigenvalue weighted by molar-refractivity contribution is 5.79. The maximum absolute atomic E-state index is 3.61. The number of benzene rings is 3. The fraction of sp³-hybridized carbons (Fsp3) is 0.167. The van der Waals surface area contributed by atoms with E-state index >= 15 is 0 Å². The molecule has 0 aliphatic rings. The maximum Gasteiger partial charge on any atom is 0.0294 e. The molecule has 0 bridgehead atoms. The number of nitrogens with one attached hydrogen (secondary N) is 1. The molecule has 3 aromatic carbocycles. The first kappa shape index (κ1) is 17.2. The summed E-state index contributed by atoms with van der Waals surface area (Å²) < 4.78 is 0. The van der Waals surface area contributed by atoms with Crippen molar-refractivity contribution in [1.82, 2.24) is 5.32 Å². The maximum atomic E-state index is 3.61. The summed E-state index contributed by atoms with van der Waals surface area (Å²) in [5.41, 5.74) is 6.38. The molecule has 0 aliphatic carbocycles. The molecule has 0 amide bonds. The Hall–Kier alpha value is -2.64. The van der Waals surface area contributed by atoms with Crippen LogP contribution in [0.4, 0.5) is 0 Å². The van der Waals surface area contributed by atoms with Crippen LogP contribution in [0, 0.1) is 6.92 Å². The fourth-order valence-electron chi connectivity index (χ4n) is 2.95. The zero-order chi connectivity index (χ0) is 17.5. The van der Waals surface area contributed by atoms with Gasteiger partial charge in [0.15, 0.2) is 0 Å². The highest BCUT2D eigenvalue weighted by Gasteiger charge is 2.06. The highest BCUT2D eigenvalue weighted by atomic mass is 14.9. The number of rotatable bonds is 6. The average molecular weight is 327 g/mol. The molecule has 0 spiro atoms. The summed E-state index contributed by atoms with van der Waals surface area (Å²) in [6.45, 7) is 5.16. The zero-order valence-corrected chi connectivity index (χ0v) is 14.9. The molecular weight excluding hydrogens is 302 g/mol. The molecule has 1 atom stereocenters. The van der Waals surface area contributed by atoms with Crippen molar-refractivity contribution in [3.8, 4) is 0 Å². The van der Waals surface area contributed by atoms with Gasteiger partial charge in [0, 0.05) is 12.6 Å². The molecule has 1 unspecified atom stereocenters. The first-order chi connectivity index (χ1) is 12.2. The number of hydrogen-bond donors (Lipinski definition) is 1. The molecule has 0 heterocycles. The van der Waals surface area contributed by atoms with E-state index in [4.69, 9.17) is 0 Å². The van der Waals surface area contributed by atoms with Crippen LogP contribution in [0.2, 0.25) is 0 Å². The van der Waals surface area contributed by atoms with Crippen molar-refractivity contribution < 1.29 is 0 Å². The number of aryl methyl sites for hydroxylation is 1. The van der Waals surface area contributed by atoms with Crippen LogP contribution in [0.5, 0.6) is 0 Å². The molecule has 1 heteroatoms. The first-order valence-corrected chi connectivity index (χ1v) is 8.85. The minimum atomic E-state index is 0.324. The van der Waals surface area contributed by atoms with Crippen molar-refractivity contribution in [2.75, 3.05) is 6.54 Å². The van der Waals surface area contributed by atoms with E-state index in [2.05, 4.69) is 110 Å². The molecule has 3 rings (SSSR count). The van der Waals surface area contributed by atoms with E-state index < -0.39 is 0 Å². The van der Waals surface area contributed by atoms with E-state index in [1.165, 1.54) is 27.8 Å². The molecule has 0 saturated carbocycles. The van der Waals surface area contributed by atoms with Gasteiger partial charge in [0.2, 0.25) is 0 Å². The van der Waals surface area contributed by atoms with Gasteiger partial charge in [-0.1, -0.05) is 96.6 Å². The molecule has 126 valence electrons. The smallest absolute Gasteiger partial charge is 0.0294 e. The van der Waals surface area contributed by atoms with Crippen molar-refractivity contribution in [2.24, 2.45) is 0 Å². The van der Waals surface area contributed by atoms with Gasteiger partial charge in [-0.3, -0.25) is 0 Å². The second-order valence-electron chi connectivity index (χ2n) is 6.39. The minimum Gasteiger partial charge on any atom is -0.307 e. The Morgan fingerprint density at radius 1 is 0.800 bits per heavy atom. The van der Waals surface area contributed by atoms with E-state index in [-0.39, 0.29) is 0 Å². The van der Waals surface area contributed by atoms with Crippen LogP contribution in [-0.2, 0) is 0 Å². The summed E-state index contributed by atoms with van der Waals surface area (Å²) >= 11 is 0. The molecule has 1 nitrogen and oxygen atoms in total. The predicted octanol–water partition coefficient (Wildman–Crippen LogP) is 5.78. The summed E-state index contributed by atoms with van der Waals surface area (Å²) in [6, 6.07) is 30.2. The fourth-order valence-corrected chi connectivity index (χ4v) is 2.95. The molecule has 0 saturated heterocycles. The lowest BCUT2D eigenvalue weighted by Crippen LogP contribution is -2.18. The van der Waals surface area contributed by atoms with Gasteiger partial charge in [0.05, 0.1) is 0 Å². The van der Waals surface area contributed by atoms with Gasteiger partial charge >= 0.3 is 0 Å². The summed E-state index contributed by atoms with van der Waals surface area (Å²) in [4.78, 5) is 0. The Morgan fingerprint density at radius 2 is 1.32 bits per heavy atom. The largest absolute Gasteiger partial charge is 0.307 e. The normalized spacial score (nSPS) is 11.8. The summed E-state index contributed by atoms with van der Waals surface area (Å²) in [5, 5.41) is 3.61. The van der Waals surface area contributed by atoms with Crippen molar-refractivity contribution >= 4 is 5.57 Å². The van der Waals surface area contributed by atoms with Crippen molar-refractivity contribution in [1.29, 1.82) is 0 Å². The quantitative estimate of drug-likeness (QED) is 0.605. The van der Waals surface area contributed by atoms with Crippen LogP contribution >= 0.6 is 0 Å². The van der Waals surface area contributed by atoms with Crippen LogP contribution in [0.15, 0.2) is 91.0 Å². The summed E-state index contributed by atoms with van der Waals surface area (Å²) in [5.74, 6) is 0. The Morgan fingerprint density at radius 3 is 1.84 bits per heavy atom. The molecule has 0 aromatic heterocycles. The SMILES string of the molecule is Cc1ccc(C(C)NCC=C(c2ccccc2)c2ccccc2)cc1. The topological polar surface area (TPSA) is 12.0 Å². The third kappa shape index (κ3) is 4.68. The second-order valence-corrected chi connectivity index (χ2v) is 6.39. The Kier molecular flexibility index (Phi) is 5.81. The van der Waals surface area contributed by atoms with E-state index in [1.54, 1.807) is 0 Å². The van der Waals surface area contributed by atoms with Crippen LogP contribution in [0.3, 0.4) is 0 Å². The molecule has 0 aliphatic heterocycles. The predicted molar refractivity (Wildman–Crippen MR) is 108 cm³/mol. The monoisotopic (exact) mass is 327 g/mol. The first-order valence-electron chi connectivity index (χ1n) is 8.85. The molecule has 0 radical (unpaired) electrons. The van der Waals surface area contributed by atoms with Crippen LogP contribution < -0.4 is 5.32 Å². The van der Waals surface area contributed by atoms with E-state index in [1.807, 2.05) is 0 Å². The molecular formula is C24H25N. The summed E-state index contributed by atoms with van der Waals surface area (Å²) in [7, 11) is 0. The molecule has 25 heavy (non-hydrogen) atoms. The lowest BCUT2D eigenvalue weighted by Gasteiger charge is -2.14. The standard InChI is InChI=1S/C24H25N/c1-19-13-15-21(16-14-19)20(2)25-18-17-24(22-9-5-3-6-10-22)23-11-7-4-8-12-23/h3-17,20,25H,18H2,1-2H3.